The van der Waals surface area contributed by atoms with Crippen LogP contribution >= 0.6 is 0 Å². The molecule has 0 radical (unpaired) electrons. The zero-order valence-corrected chi connectivity index (χ0v) is 18.2. The normalized spacial score (nSPS) is 14.3. The predicted molar refractivity (Wildman–Crippen MR) is 116 cm³/mol. The highest BCUT2D eigenvalue weighted by Gasteiger charge is 2.20. The Morgan fingerprint density at radius 2 is 1.97 bits per heavy atom. The smallest absolute Gasteiger partial charge is 0.253 e. The SMILES string of the molecule is CCCc1c(C)nc(N2CCOCC2)nc1-c1cccc(C(=O)N(C)C(C)C)c1. The number of aromatic nitrogens is 2. The topological polar surface area (TPSA) is 58.6 Å². The van der Waals surface area contributed by atoms with E-state index in [0.29, 0.717) is 18.8 Å². The molecule has 0 unspecified atom stereocenters. The largest absolute Gasteiger partial charge is 0.378 e. The summed E-state index contributed by atoms with van der Waals surface area (Å²) < 4.78 is 5.47. The van der Waals surface area contributed by atoms with E-state index in [1.807, 2.05) is 45.2 Å². The van der Waals surface area contributed by atoms with Gasteiger partial charge in [0.25, 0.3) is 5.91 Å². The summed E-state index contributed by atoms with van der Waals surface area (Å²) in [5, 5.41) is 0. The van der Waals surface area contributed by atoms with E-state index in [4.69, 9.17) is 14.7 Å². The third-order valence-corrected chi connectivity index (χ3v) is 5.47. The minimum atomic E-state index is 0.0260. The number of hydrogen-bond acceptors (Lipinski definition) is 5. The molecule has 1 aliphatic rings. The van der Waals surface area contributed by atoms with Gasteiger partial charge in [-0.05, 0) is 44.9 Å². The first-order chi connectivity index (χ1) is 13.9. The van der Waals surface area contributed by atoms with Crippen molar-refractivity contribution in [3.8, 4) is 11.3 Å². The Bertz CT molecular complexity index is 860. The van der Waals surface area contributed by atoms with Gasteiger partial charge >= 0.3 is 0 Å². The molecule has 3 rings (SSSR count). The number of amides is 1. The lowest BCUT2D eigenvalue weighted by Gasteiger charge is -2.28. The van der Waals surface area contributed by atoms with Crippen molar-refractivity contribution >= 4 is 11.9 Å². The average Bonchev–Trinajstić information content (AvgIpc) is 2.74. The highest BCUT2D eigenvalue weighted by Crippen LogP contribution is 2.28. The van der Waals surface area contributed by atoms with E-state index < -0.39 is 0 Å². The van der Waals surface area contributed by atoms with Crippen LogP contribution in [0, 0.1) is 6.92 Å². The van der Waals surface area contributed by atoms with Crippen LogP contribution < -0.4 is 4.90 Å². The molecule has 6 heteroatoms. The number of anilines is 1. The second-order valence-electron chi connectivity index (χ2n) is 7.88. The summed E-state index contributed by atoms with van der Waals surface area (Å²) in [7, 11) is 1.84. The first kappa shape index (κ1) is 21.2. The van der Waals surface area contributed by atoms with Gasteiger partial charge in [0.2, 0.25) is 5.95 Å². The van der Waals surface area contributed by atoms with E-state index in [9.17, 15) is 4.79 Å². The third kappa shape index (κ3) is 4.75. The van der Waals surface area contributed by atoms with E-state index in [1.54, 1.807) is 4.90 Å². The van der Waals surface area contributed by atoms with E-state index in [0.717, 1.165) is 54.4 Å². The van der Waals surface area contributed by atoms with Crippen LogP contribution in [0.4, 0.5) is 5.95 Å². The summed E-state index contributed by atoms with van der Waals surface area (Å²) in [6.45, 7) is 11.2. The van der Waals surface area contributed by atoms with Crippen molar-refractivity contribution in [1.82, 2.24) is 14.9 Å². The molecule has 1 fully saturated rings. The van der Waals surface area contributed by atoms with E-state index in [1.165, 1.54) is 0 Å². The Morgan fingerprint density at radius 3 is 2.62 bits per heavy atom. The first-order valence-electron chi connectivity index (χ1n) is 10.5. The lowest BCUT2D eigenvalue weighted by Crippen LogP contribution is -2.37. The van der Waals surface area contributed by atoms with Crippen molar-refractivity contribution in [1.29, 1.82) is 0 Å². The molecule has 0 saturated carbocycles. The van der Waals surface area contributed by atoms with Crippen LogP contribution in [0.3, 0.4) is 0 Å². The van der Waals surface area contributed by atoms with Crippen LogP contribution in [-0.4, -0.2) is 60.2 Å². The van der Waals surface area contributed by atoms with Crippen LogP contribution in [0.1, 0.15) is 48.8 Å². The first-order valence-corrected chi connectivity index (χ1v) is 10.5. The number of morpholine rings is 1. The summed E-state index contributed by atoms with van der Waals surface area (Å²) in [4.78, 5) is 26.5. The second-order valence-corrected chi connectivity index (χ2v) is 7.88. The summed E-state index contributed by atoms with van der Waals surface area (Å²) in [6.07, 6.45) is 1.93. The molecule has 0 spiro atoms. The Kier molecular flexibility index (Phi) is 6.85. The molecule has 0 aliphatic carbocycles. The number of carbonyl (C=O) groups excluding carboxylic acids is 1. The fraction of sp³-hybridized carbons (Fsp3) is 0.522. The summed E-state index contributed by atoms with van der Waals surface area (Å²) in [6, 6.07) is 7.97. The van der Waals surface area contributed by atoms with Crippen molar-refractivity contribution in [2.24, 2.45) is 0 Å². The molecule has 1 aliphatic heterocycles. The molecule has 156 valence electrons. The maximum Gasteiger partial charge on any atom is 0.253 e. The van der Waals surface area contributed by atoms with Crippen LogP contribution in [0.25, 0.3) is 11.3 Å². The average molecular weight is 397 g/mol. The van der Waals surface area contributed by atoms with Gasteiger partial charge in [0.05, 0.1) is 18.9 Å². The molecule has 1 amide bonds. The van der Waals surface area contributed by atoms with Crippen molar-refractivity contribution < 1.29 is 9.53 Å². The van der Waals surface area contributed by atoms with Gasteiger partial charge in [-0.2, -0.15) is 0 Å². The van der Waals surface area contributed by atoms with Gasteiger partial charge in [-0.15, -0.1) is 0 Å². The molecule has 6 nitrogen and oxygen atoms in total. The lowest BCUT2D eigenvalue weighted by molar-refractivity contribution is 0.0755. The van der Waals surface area contributed by atoms with E-state index in [-0.39, 0.29) is 11.9 Å². The lowest BCUT2D eigenvalue weighted by atomic mass is 9.99. The molecule has 1 aromatic heterocycles. The molecular formula is C23H32N4O2. The molecule has 0 N–H and O–H groups in total. The highest BCUT2D eigenvalue weighted by molar-refractivity contribution is 5.95. The second kappa shape index (κ2) is 9.35. The van der Waals surface area contributed by atoms with Crippen LogP contribution in [0.2, 0.25) is 0 Å². The van der Waals surface area contributed by atoms with Gasteiger partial charge in [-0.1, -0.05) is 25.5 Å². The predicted octanol–water partition coefficient (Wildman–Crippen LogP) is 3.72. The van der Waals surface area contributed by atoms with Gasteiger partial charge in [-0.25, -0.2) is 9.97 Å². The Hall–Kier alpha value is -2.47. The molecule has 0 bridgehead atoms. The van der Waals surface area contributed by atoms with Gasteiger partial charge in [-0.3, -0.25) is 4.79 Å². The quantitative estimate of drug-likeness (QED) is 0.745. The Balaban J connectivity index is 2.05. The molecule has 0 atom stereocenters. The van der Waals surface area contributed by atoms with E-state index >= 15 is 0 Å². The maximum atomic E-state index is 12.8. The standard InChI is InChI=1S/C23H32N4O2/c1-6-8-20-17(4)24-23(27-11-13-29-14-12-27)25-21(20)18-9-7-10-19(15-18)22(28)26(5)16(2)3/h7,9-10,15-16H,6,8,11-14H2,1-5H3. The van der Waals surface area contributed by atoms with E-state index in [2.05, 4.69) is 18.7 Å². The van der Waals surface area contributed by atoms with Crippen LogP contribution in [0.15, 0.2) is 24.3 Å². The zero-order valence-electron chi connectivity index (χ0n) is 18.2. The summed E-state index contributed by atoms with van der Waals surface area (Å²) in [5.41, 5.74) is 4.75. The molecule has 29 heavy (non-hydrogen) atoms. The van der Waals surface area contributed by atoms with Crippen molar-refractivity contribution in [3.63, 3.8) is 0 Å². The number of benzene rings is 1. The molecule has 2 aromatic rings. The molecule has 1 saturated heterocycles. The Morgan fingerprint density at radius 1 is 1.24 bits per heavy atom. The maximum absolute atomic E-state index is 12.8. The Labute approximate surface area is 173 Å². The minimum absolute atomic E-state index is 0.0260. The van der Waals surface area contributed by atoms with Gasteiger partial charge < -0.3 is 14.5 Å². The van der Waals surface area contributed by atoms with Gasteiger partial charge in [0, 0.05) is 43.0 Å². The number of ether oxygens (including phenoxy) is 1. The van der Waals surface area contributed by atoms with Crippen LogP contribution in [-0.2, 0) is 11.2 Å². The number of aryl methyl sites for hydroxylation is 1. The molecule has 2 heterocycles. The fourth-order valence-corrected chi connectivity index (χ4v) is 3.51. The van der Waals surface area contributed by atoms with Gasteiger partial charge in [0.15, 0.2) is 0 Å². The van der Waals surface area contributed by atoms with Crippen molar-refractivity contribution in [2.45, 2.75) is 46.6 Å². The number of nitrogens with zero attached hydrogens (tertiary/aromatic N) is 4. The minimum Gasteiger partial charge on any atom is -0.378 e. The van der Waals surface area contributed by atoms with Crippen LogP contribution in [0.5, 0.6) is 0 Å². The third-order valence-electron chi connectivity index (χ3n) is 5.47. The number of hydrogen-bond donors (Lipinski definition) is 0. The van der Waals surface area contributed by atoms with Gasteiger partial charge in [0.1, 0.15) is 0 Å². The monoisotopic (exact) mass is 396 g/mol. The molecular weight excluding hydrogens is 364 g/mol. The summed E-state index contributed by atoms with van der Waals surface area (Å²) >= 11 is 0. The number of rotatable bonds is 6. The molecule has 1 aromatic carbocycles. The highest BCUT2D eigenvalue weighted by atomic mass is 16.5. The van der Waals surface area contributed by atoms with Crippen molar-refractivity contribution in [3.05, 3.63) is 41.1 Å². The summed E-state index contributed by atoms with van der Waals surface area (Å²) in [5.74, 6) is 0.773. The van der Waals surface area contributed by atoms with Crippen molar-refractivity contribution in [2.75, 3.05) is 38.3 Å². The number of carbonyl (C=O) groups is 1. The zero-order chi connectivity index (χ0) is 21.0. The fourth-order valence-electron chi connectivity index (χ4n) is 3.51.